The average molecular weight is 421 g/mol. The molecule has 0 amide bonds. The molecule has 168 valence electrons. The van der Waals surface area contributed by atoms with Crippen LogP contribution in [0.15, 0.2) is 24.3 Å². The zero-order chi connectivity index (χ0) is 21.7. The molecule has 1 rings (SSSR count). The van der Waals surface area contributed by atoms with Crippen molar-refractivity contribution >= 4 is 10.2 Å². The van der Waals surface area contributed by atoms with Crippen molar-refractivity contribution in [3.8, 4) is 0 Å². The third kappa shape index (κ3) is 9.36. The highest BCUT2D eigenvalue weighted by Gasteiger charge is 2.34. The Morgan fingerprint density at radius 2 is 1.45 bits per heavy atom. The van der Waals surface area contributed by atoms with E-state index >= 15 is 0 Å². The zero-order valence-corrected chi connectivity index (χ0v) is 22.4. The number of aryl methyl sites for hydroxylation is 1. The fourth-order valence-corrected chi connectivity index (χ4v) is 4.63. The molecule has 0 spiro atoms. The third-order valence-electron chi connectivity index (χ3n) is 6.38. The van der Waals surface area contributed by atoms with Crippen molar-refractivity contribution in [1.29, 1.82) is 0 Å². The van der Waals surface area contributed by atoms with Crippen molar-refractivity contribution in [1.82, 2.24) is 0 Å². The van der Waals surface area contributed by atoms with Gasteiger partial charge in [-0.15, -0.1) is 0 Å². The molecule has 1 aromatic rings. The molecule has 0 saturated carbocycles. The Balaban J connectivity index is 2.92. The lowest BCUT2D eigenvalue weighted by atomic mass is 9.97. The van der Waals surface area contributed by atoms with Crippen molar-refractivity contribution in [2.75, 3.05) is 13.2 Å². The summed E-state index contributed by atoms with van der Waals surface area (Å²) in [5, 5.41) is -0.213. The van der Waals surface area contributed by atoms with Crippen LogP contribution in [0, 0.1) is 18.8 Å². The third-order valence-corrected chi connectivity index (χ3v) is 7.19. The zero-order valence-electron chi connectivity index (χ0n) is 20.4. The van der Waals surface area contributed by atoms with Gasteiger partial charge in [0.1, 0.15) is 6.10 Å². The second-order valence-electron chi connectivity index (χ2n) is 9.32. The predicted molar refractivity (Wildman–Crippen MR) is 131 cm³/mol. The first-order valence-electron chi connectivity index (χ1n) is 12.2. The van der Waals surface area contributed by atoms with E-state index in [1.165, 1.54) is 62.5 Å². The van der Waals surface area contributed by atoms with Crippen LogP contribution in [0.1, 0.15) is 103 Å². The van der Waals surface area contributed by atoms with E-state index in [4.69, 9.17) is 9.47 Å². The minimum atomic E-state index is -0.213. The Kier molecular flexibility index (Phi) is 13.1. The van der Waals surface area contributed by atoms with E-state index in [0.717, 1.165) is 23.5 Å². The molecule has 4 unspecified atom stereocenters. The van der Waals surface area contributed by atoms with Crippen LogP contribution in [0.25, 0.3) is 0 Å². The molecule has 0 aliphatic heterocycles. The van der Waals surface area contributed by atoms with Gasteiger partial charge < -0.3 is 9.47 Å². The fraction of sp³-hybridized carbons (Fsp3) is 0.769. The molecular weight excluding hydrogens is 372 g/mol. The lowest BCUT2D eigenvalue weighted by Gasteiger charge is -2.37. The molecule has 0 aromatic heterocycles. The van der Waals surface area contributed by atoms with Crippen LogP contribution in [-0.2, 0) is 9.47 Å². The quantitative estimate of drug-likeness (QED) is 0.281. The van der Waals surface area contributed by atoms with E-state index in [9.17, 15) is 0 Å². The van der Waals surface area contributed by atoms with Crippen LogP contribution < -0.4 is 0 Å². The van der Waals surface area contributed by atoms with Crippen LogP contribution in [0.2, 0.25) is 0 Å². The molecule has 0 fully saturated rings. The van der Waals surface area contributed by atoms with Crippen LogP contribution in [0.3, 0.4) is 0 Å². The summed E-state index contributed by atoms with van der Waals surface area (Å²) in [5.41, 5.74) is 2.61. The smallest absolute Gasteiger partial charge is 0.107 e. The monoisotopic (exact) mass is 420 g/mol. The summed E-state index contributed by atoms with van der Waals surface area (Å²) in [5.74, 6) is 1.31. The second-order valence-corrected chi connectivity index (χ2v) is 11.3. The van der Waals surface area contributed by atoms with Gasteiger partial charge in [0.05, 0.1) is 11.8 Å². The molecular formula is C26H48O2Si. The van der Waals surface area contributed by atoms with E-state index in [0.29, 0.717) is 11.8 Å². The maximum Gasteiger partial charge on any atom is 0.107 e. The van der Waals surface area contributed by atoms with Crippen LogP contribution >= 0.6 is 0 Å². The number of unbranched alkanes of at least 4 members (excludes halogenated alkanes) is 2. The van der Waals surface area contributed by atoms with E-state index in [1.807, 2.05) is 0 Å². The van der Waals surface area contributed by atoms with E-state index < -0.39 is 0 Å². The molecule has 4 atom stereocenters. The van der Waals surface area contributed by atoms with Crippen LogP contribution in [-0.4, -0.2) is 28.7 Å². The number of ether oxygens (including phenoxy) is 2. The van der Waals surface area contributed by atoms with Gasteiger partial charge in [0.25, 0.3) is 0 Å². The van der Waals surface area contributed by atoms with E-state index in [-0.39, 0.29) is 11.3 Å². The normalized spacial score (nSPS) is 17.0. The molecule has 3 heteroatoms. The molecule has 0 N–H and O–H groups in total. The Hall–Kier alpha value is -0.643. The van der Waals surface area contributed by atoms with Gasteiger partial charge in [-0.05, 0) is 49.7 Å². The standard InChI is InChI=1S/C26H48O2Si/c1-7-11-16-22(9-3)19-27-25(24-18-14-13-15-21(24)5)26(6,29)28-20-23(10-4)17-12-8-2/h13-15,18,22-23,25H,7-12,16-17,19-20H2,1-6,29H3. The predicted octanol–water partition coefficient (Wildman–Crippen LogP) is 6.58. The number of hydrogen-bond acceptors (Lipinski definition) is 2. The topological polar surface area (TPSA) is 18.5 Å². The number of benzene rings is 1. The van der Waals surface area contributed by atoms with Crippen LogP contribution in [0.4, 0.5) is 0 Å². The maximum absolute atomic E-state index is 6.68. The largest absolute Gasteiger partial charge is 0.377 e. The van der Waals surface area contributed by atoms with Crippen LogP contribution in [0.5, 0.6) is 0 Å². The molecule has 0 bridgehead atoms. The Morgan fingerprint density at radius 3 is 1.97 bits per heavy atom. The van der Waals surface area contributed by atoms with Crippen molar-refractivity contribution in [2.45, 2.75) is 104 Å². The summed E-state index contributed by atoms with van der Waals surface area (Å²) < 4.78 is 13.3. The lowest BCUT2D eigenvalue weighted by molar-refractivity contribution is -0.109. The van der Waals surface area contributed by atoms with Gasteiger partial charge in [0.2, 0.25) is 0 Å². The van der Waals surface area contributed by atoms with Gasteiger partial charge in [-0.1, -0.05) is 90.5 Å². The molecule has 0 saturated heterocycles. The molecule has 29 heavy (non-hydrogen) atoms. The molecule has 0 heterocycles. The van der Waals surface area contributed by atoms with Gasteiger partial charge in [0.15, 0.2) is 0 Å². The summed E-state index contributed by atoms with van der Waals surface area (Å²) in [6.07, 6.45) is 10.1. The molecule has 0 aliphatic carbocycles. The second kappa shape index (κ2) is 14.4. The minimum Gasteiger partial charge on any atom is -0.377 e. The SMILES string of the molecule is CCCCC(CC)COC(c1ccccc1C)C(C)([SiH3])OCC(CC)CCCC. The summed E-state index contributed by atoms with van der Waals surface area (Å²) >= 11 is 0. The van der Waals surface area contributed by atoms with E-state index in [1.54, 1.807) is 0 Å². The Bertz CT molecular complexity index is 543. The molecule has 2 nitrogen and oxygen atoms in total. The fourth-order valence-electron chi connectivity index (χ4n) is 3.98. The van der Waals surface area contributed by atoms with Gasteiger partial charge in [-0.3, -0.25) is 0 Å². The Labute approximate surface area is 184 Å². The number of rotatable bonds is 16. The van der Waals surface area contributed by atoms with Crippen molar-refractivity contribution in [3.63, 3.8) is 0 Å². The first-order chi connectivity index (χ1) is 13.9. The molecule has 1 aromatic carbocycles. The summed E-state index contributed by atoms with van der Waals surface area (Å²) in [4.78, 5) is 0. The highest BCUT2D eigenvalue weighted by Crippen LogP contribution is 2.34. The average Bonchev–Trinajstić information content (AvgIpc) is 2.71. The molecule has 0 radical (unpaired) electrons. The first kappa shape index (κ1) is 26.4. The van der Waals surface area contributed by atoms with Crippen molar-refractivity contribution < 1.29 is 9.47 Å². The highest BCUT2D eigenvalue weighted by atomic mass is 28.1. The minimum absolute atomic E-state index is 0.0229. The summed E-state index contributed by atoms with van der Waals surface area (Å²) in [6, 6.07) is 8.70. The summed E-state index contributed by atoms with van der Waals surface area (Å²) in [6.45, 7) is 15.3. The van der Waals surface area contributed by atoms with Gasteiger partial charge in [0, 0.05) is 16.8 Å². The first-order valence-corrected chi connectivity index (χ1v) is 13.2. The van der Waals surface area contributed by atoms with Crippen molar-refractivity contribution in [2.24, 2.45) is 11.8 Å². The van der Waals surface area contributed by atoms with Gasteiger partial charge in [-0.2, -0.15) is 0 Å². The van der Waals surface area contributed by atoms with Crippen molar-refractivity contribution in [3.05, 3.63) is 35.4 Å². The summed E-state index contributed by atoms with van der Waals surface area (Å²) in [7, 11) is 0.945. The van der Waals surface area contributed by atoms with Gasteiger partial charge in [-0.25, -0.2) is 0 Å². The molecule has 0 aliphatic rings. The maximum atomic E-state index is 6.68. The van der Waals surface area contributed by atoms with Gasteiger partial charge >= 0.3 is 0 Å². The lowest BCUT2D eigenvalue weighted by Crippen LogP contribution is -2.40. The highest BCUT2D eigenvalue weighted by molar-refractivity contribution is 6.14. The van der Waals surface area contributed by atoms with E-state index in [2.05, 4.69) is 65.8 Å². The Morgan fingerprint density at radius 1 is 0.897 bits per heavy atom. The number of hydrogen-bond donors (Lipinski definition) is 0.